The molecule has 0 spiro atoms. The maximum atomic E-state index is 6.20. The second-order valence-corrected chi connectivity index (χ2v) is 7.42. The van der Waals surface area contributed by atoms with E-state index in [0.717, 1.165) is 64.5 Å². The largest absolute Gasteiger partial charge is 0.378 e. The molecular formula is C22H36IN3O2. The SMILES string of the molecule is CCOC1CCN(C(=NC)NCCCOC2CCCc3ccccc32)CC1.I. The van der Waals surface area contributed by atoms with Gasteiger partial charge in [-0.3, -0.25) is 4.99 Å². The molecule has 28 heavy (non-hydrogen) atoms. The monoisotopic (exact) mass is 501 g/mol. The second-order valence-electron chi connectivity index (χ2n) is 7.42. The van der Waals surface area contributed by atoms with Crippen LogP contribution in [0.25, 0.3) is 0 Å². The number of hydrogen-bond donors (Lipinski definition) is 1. The molecule has 1 fully saturated rings. The van der Waals surface area contributed by atoms with E-state index in [-0.39, 0.29) is 30.1 Å². The lowest BCUT2D eigenvalue weighted by Crippen LogP contribution is -2.47. The predicted octanol–water partition coefficient (Wildman–Crippen LogP) is 4.17. The van der Waals surface area contributed by atoms with Crippen LogP contribution in [-0.4, -0.2) is 56.9 Å². The van der Waals surface area contributed by atoms with E-state index in [1.165, 1.54) is 24.0 Å². The van der Waals surface area contributed by atoms with Crippen LogP contribution >= 0.6 is 24.0 Å². The summed E-state index contributed by atoms with van der Waals surface area (Å²) in [5.74, 6) is 1.01. The minimum Gasteiger partial charge on any atom is -0.378 e. The topological polar surface area (TPSA) is 46.1 Å². The fraction of sp³-hybridized carbons (Fsp3) is 0.682. The van der Waals surface area contributed by atoms with Crippen LogP contribution in [0.1, 0.15) is 56.3 Å². The van der Waals surface area contributed by atoms with Crippen molar-refractivity contribution < 1.29 is 9.47 Å². The summed E-state index contributed by atoms with van der Waals surface area (Å²) in [6, 6.07) is 8.73. The number of rotatable bonds is 7. The van der Waals surface area contributed by atoms with Crippen molar-refractivity contribution in [3.05, 3.63) is 35.4 Å². The number of ether oxygens (including phenoxy) is 2. The van der Waals surface area contributed by atoms with Gasteiger partial charge < -0.3 is 19.7 Å². The van der Waals surface area contributed by atoms with Crippen molar-refractivity contribution in [2.45, 2.75) is 57.7 Å². The van der Waals surface area contributed by atoms with Crippen LogP contribution in [0.2, 0.25) is 0 Å². The normalized spacial score (nSPS) is 20.4. The Morgan fingerprint density at radius 2 is 1.96 bits per heavy atom. The fourth-order valence-corrected chi connectivity index (χ4v) is 4.18. The fourth-order valence-electron chi connectivity index (χ4n) is 4.18. The van der Waals surface area contributed by atoms with Gasteiger partial charge in [0, 0.05) is 39.9 Å². The van der Waals surface area contributed by atoms with Gasteiger partial charge in [0.05, 0.1) is 12.2 Å². The average Bonchev–Trinajstić information content (AvgIpc) is 2.72. The summed E-state index contributed by atoms with van der Waals surface area (Å²) >= 11 is 0. The average molecular weight is 501 g/mol. The molecule has 1 aliphatic carbocycles. The van der Waals surface area contributed by atoms with Crippen LogP contribution in [0.4, 0.5) is 0 Å². The van der Waals surface area contributed by atoms with Crippen LogP contribution in [-0.2, 0) is 15.9 Å². The minimum atomic E-state index is 0. The zero-order valence-electron chi connectivity index (χ0n) is 17.4. The molecule has 3 rings (SSSR count). The lowest BCUT2D eigenvalue weighted by atomic mass is 9.89. The zero-order valence-corrected chi connectivity index (χ0v) is 19.7. The smallest absolute Gasteiger partial charge is 0.193 e. The van der Waals surface area contributed by atoms with E-state index >= 15 is 0 Å². The number of benzene rings is 1. The van der Waals surface area contributed by atoms with Crippen LogP contribution in [0.15, 0.2) is 29.3 Å². The standard InChI is InChI=1S/C22H35N3O2.HI/c1-3-26-19-12-15-25(16-13-19)22(23-2)24-14-7-17-27-21-11-6-9-18-8-4-5-10-20(18)21;/h4-5,8,10,19,21H,3,6-7,9,11-17H2,1-2H3,(H,23,24);1H. The first-order valence-electron chi connectivity index (χ1n) is 10.6. The molecule has 1 aromatic carbocycles. The first-order valence-corrected chi connectivity index (χ1v) is 10.6. The molecular weight excluding hydrogens is 465 g/mol. The lowest BCUT2D eigenvalue weighted by molar-refractivity contribution is 0.0262. The number of aliphatic imine (C=N–C) groups is 1. The highest BCUT2D eigenvalue weighted by molar-refractivity contribution is 14.0. The molecule has 1 saturated heterocycles. The van der Waals surface area contributed by atoms with E-state index in [9.17, 15) is 0 Å². The number of nitrogens with zero attached hydrogens (tertiary/aromatic N) is 2. The summed E-state index contributed by atoms with van der Waals surface area (Å²) in [4.78, 5) is 6.79. The molecule has 1 aliphatic heterocycles. The lowest BCUT2D eigenvalue weighted by Gasteiger charge is -2.34. The highest BCUT2D eigenvalue weighted by Crippen LogP contribution is 2.32. The van der Waals surface area contributed by atoms with Crippen molar-refractivity contribution in [2.24, 2.45) is 4.99 Å². The summed E-state index contributed by atoms with van der Waals surface area (Å²) in [5, 5.41) is 3.50. The Kier molecular flexibility index (Phi) is 10.6. The third-order valence-electron chi connectivity index (χ3n) is 5.59. The van der Waals surface area contributed by atoms with Crippen LogP contribution in [0, 0.1) is 0 Å². The van der Waals surface area contributed by atoms with E-state index in [1.807, 2.05) is 7.05 Å². The summed E-state index contributed by atoms with van der Waals surface area (Å²) in [5.41, 5.74) is 2.85. The molecule has 0 amide bonds. The number of halogens is 1. The highest BCUT2D eigenvalue weighted by atomic mass is 127. The minimum absolute atomic E-state index is 0. The molecule has 0 radical (unpaired) electrons. The van der Waals surface area contributed by atoms with Gasteiger partial charge in [0.2, 0.25) is 0 Å². The number of fused-ring (bicyclic) bond motifs is 1. The summed E-state index contributed by atoms with van der Waals surface area (Å²) < 4.78 is 11.9. The van der Waals surface area contributed by atoms with E-state index in [1.54, 1.807) is 0 Å². The van der Waals surface area contributed by atoms with Gasteiger partial charge in [-0.15, -0.1) is 24.0 Å². The summed E-state index contributed by atoms with van der Waals surface area (Å²) in [6.45, 7) is 6.59. The molecule has 1 unspecified atom stereocenters. The Morgan fingerprint density at radius 3 is 2.71 bits per heavy atom. The quantitative estimate of drug-likeness (QED) is 0.264. The van der Waals surface area contributed by atoms with Crippen molar-refractivity contribution in [2.75, 3.05) is 39.9 Å². The number of aryl methyl sites for hydroxylation is 1. The molecule has 0 saturated carbocycles. The Balaban J connectivity index is 0.00000280. The third kappa shape index (κ3) is 6.59. The van der Waals surface area contributed by atoms with Gasteiger partial charge in [-0.1, -0.05) is 24.3 Å². The van der Waals surface area contributed by atoms with E-state index in [4.69, 9.17) is 9.47 Å². The third-order valence-corrected chi connectivity index (χ3v) is 5.59. The van der Waals surface area contributed by atoms with Crippen molar-refractivity contribution in [3.8, 4) is 0 Å². The van der Waals surface area contributed by atoms with Gasteiger partial charge in [0.1, 0.15) is 0 Å². The molecule has 0 bridgehead atoms. The maximum absolute atomic E-state index is 6.20. The Morgan fingerprint density at radius 1 is 1.18 bits per heavy atom. The van der Waals surface area contributed by atoms with Gasteiger partial charge in [0.25, 0.3) is 0 Å². The van der Waals surface area contributed by atoms with Gasteiger partial charge in [-0.05, 0) is 56.6 Å². The first-order chi connectivity index (χ1) is 13.3. The van der Waals surface area contributed by atoms with Gasteiger partial charge in [-0.2, -0.15) is 0 Å². The number of guanidine groups is 1. The Labute approximate surface area is 187 Å². The second kappa shape index (κ2) is 12.6. The van der Waals surface area contributed by atoms with Gasteiger partial charge >= 0.3 is 0 Å². The molecule has 2 aliphatic rings. The summed E-state index contributed by atoms with van der Waals surface area (Å²) in [7, 11) is 1.87. The highest BCUT2D eigenvalue weighted by Gasteiger charge is 2.22. The van der Waals surface area contributed by atoms with E-state index < -0.39 is 0 Å². The van der Waals surface area contributed by atoms with Crippen LogP contribution < -0.4 is 5.32 Å². The molecule has 1 heterocycles. The summed E-state index contributed by atoms with van der Waals surface area (Å²) in [6.07, 6.45) is 7.40. The number of piperidine rings is 1. The zero-order chi connectivity index (χ0) is 18.9. The van der Waals surface area contributed by atoms with E-state index in [0.29, 0.717) is 6.10 Å². The van der Waals surface area contributed by atoms with Crippen molar-refractivity contribution in [1.29, 1.82) is 0 Å². The molecule has 0 aromatic heterocycles. The van der Waals surface area contributed by atoms with Crippen molar-refractivity contribution >= 4 is 29.9 Å². The van der Waals surface area contributed by atoms with Gasteiger partial charge in [-0.25, -0.2) is 0 Å². The number of likely N-dealkylation sites (tertiary alicyclic amines) is 1. The van der Waals surface area contributed by atoms with Crippen molar-refractivity contribution in [1.82, 2.24) is 10.2 Å². The Bertz CT molecular complexity index is 603. The van der Waals surface area contributed by atoms with Crippen LogP contribution in [0.3, 0.4) is 0 Å². The molecule has 158 valence electrons. The first kappa shape index (κ1) is 23.4. The number of hydrogen-bond acceptors (Lipinski definition) is 3. The molecule has 1 aromatic rings. The number of nitrogens with one attached hydrogen (secondary N) is 1. The van der Waals surface area contributed by atoms with Crippen molar-refractivity contribution in [3.63, 3.8) is 0 Å². The molecule has 6 heteroatoms. The molecule has 1 atom stereocenters. The molecule has 1 N–H and O–H groups in total. The van der Waals surface area contributed by atoms with E-state index in [2.05, 4.69) is 46.4 Å². The Hall–Kier alpha value is -0.860. The van der Waals surface area contributed by atoms with Crippen LogP contribution in [0.5, 0.6) is 0 Å². The molecule has 5 nitrogen and oxygen atoms in total. The predicted molar refractivity (Wildman–Crippen MR) is 126 cm³/mol. The van der Waals surface area contributed by atoms with Gasteiger partial charge in [0.15, 0.2) is 5.96 Å². The maximum Gasteiger partial charge on any atom is 0.193 e.